The molecule has 0 spiro atoms. The second-order valence-electron chi connectivity index (χ2n) is 19.7. The maximum atomic E-state index is 13.4. The van der Waals surface area contributed by atoms with Crippen molar-refractivity contribution in [3.63, 3.8) is 0 Å². The first-order chi connectivity index (χ1) is 31.8. The third-order valence-corrected chi connectivity index (χ3v) is 15.7. The Balaban J connectivity index is 0.000000338. The van der Waals surface area contributed by atoms with Crippen LogP contribution < -0.4 is 31.5 Å². The van der Waals surface area contributed by atoms with E-state index in [0.717, 1.165) is 40.6 Å². The summed E-state index contributed by atoms with van der Waals surface area (Å²) in [6.45, 7) is 21.2. The fraction of sp³-hybridized carbons (Fsp3) is 0.553. The van der Waals surface area contributed by atoms with Crippen molar-refractivity contribution in [3.05, 3.63) is 58.8 Å². The number of ether oxygens (including phenoxy) is 3. The van der Waals surface area contributed by atoms with Gasteiger partial charge in [0.15, 0.2) is 0 Å². The summed E-state index contributed by atoms with van der Waals surface area (Å²) in [7, 11) is -7.64. The molecule has 70 heavy (non-hydrogen) atoms. The Hall–Kier alpha value is -4.42. The van der Waals surface area contributed by atoms with Gasteiger partial charge >= 0.3 is 17.6 Å². The number of nitrogen functional groups attached to an aromatic ring is 1. The SMILES string of the molecule is C.CC(C)(C)NS(=O)(=O)c1cc(N)ccc1-c1cnc(C2CC(N)C2)s1.CC(C)OC(=O)Cl.CC(C)OC(=O)Nc1ccc(-c2cnc(C3CC(NC(=O)OC(C)C)C3)s2)c(S(=O)(=O)NC(C)(C)C)c1. The quantitative estimate of drug-likeness (QED) is 0.0413. The molecule has 0 aliphatic heterocycles. The number of carbonyl (C=O) groups is 3. The highest BCUT2D eigenvalue weighted by Gasteiger charge is 2.35. The first-order valence-electron chi connectivity index (χ1n) is 22.4. The predicted molar refractivity (Wildman–Crippen MR) is 280 cm³/mol. The van der Waals surface area contributed by atoms with Gasteiger partial charge in [0, 0.05) is 81.5 Å². The number of nitrogens with one attached hydrogen (secondary N) is 4. The fourth-order valence-electron chi connectivity index (χ4n) is 6.87. The molecule has 6 rings (SSSR count). The highest BCUT2D eigenvalue weighted by molar-refractivity contribution is 7.90. The maximum Gasteiger partial charge on any atom is 0.411 e. The molecule has 0 radical (unpaired) electrons. The van der Waals surface area contributed by atoms with Crippen molar-refractivity contribution in [2.75, 3.05) is 11.1 Å². The second kappa shape index (κ2) is 24.8. The first kappa shape index (κ1) is 59.9. The summed E-state index contributed by atoms with van der Waals surface area (Å²) in [6, 6.07) is 9.95. The van der Waals surface area contributed by atoms with Crippen LogP contribution in [0.1, 0.15) is 138 Å². The number of amides is 2. The molecule has 390 valence electrons. The molecule has 0 saturated heterocycles. The number of nitrogens with two attached hydrogens (primary N) is 2. The van der Waals surface area contributed by atoms with Crippen LogP contribution in [0.4, 0.5) is 25.8 Å². The molecule has 2 fully saturated rings. The summed E-state index contributed by atoms with van der Waals surface area (Å²) >= 11 is 7.76. The lowest BCUT2D eigenvalue weighted by molar-refractivity contribution is 0.106. The lowest BCUT2D eigenvalue weighted by Crippen LogP contribution is -2.44. The van der Waals surface area contributed by atoms with Crippen LogP contribution in [0.25, 0.3) is 20.9 Å². The van der Waals surface area contributed by atoms with Crippen molar-refractivity contribution in [1.82, 2.24) is 24.7 Å². The Morgan fingerprint density at radius 2 is 1.11 bits per heavy atom. The summed E-state index contributed by atoms with van der Waals surface area (Å²) in [5, 5.41) is 7.33. The van der Waals surface area contributed by atoms with Crippen molar-refractivity contribution < 1.29 is 45.4 Å². The summed E-state index contributed by atoms with van der Waals surface area (Å²) in [5.41, 5.74) is 11.5. The number of carbonyl (C=O) groups excluding carboxylic acids is 3. The lowest BCUT2D eigenvalue weighted by atomic mass is 9.81. The summed E-state index contributed by atoms with van der Waals surface area (Å²) in [4.78, 5) is 44.5. The van der Waals surface area contributed by atoms with Gasteiger partial charge in [-0.15, -0.1) is 22.7 Å². The molecule has 8 N–H and O–H groups in total. The molecule has 4 aromatic rings. The van der Waals surface area contributed by atoms with Crippen LogP contribution in [0, 0.1) is 0 Å². The van der Waals surface area contributed by atoms with Gasteiger partial charge in [0.1, 0.15) is 0 Å². The first-order valence-corrected chi connectivity index (χ1v) is 27.4. The van der Waals surface area contributed by atoms with Crippen LogP contribution in [0.15, 0.2) is 58.6 Å². The average molecular weight is 1070 g/mol. The minimum Gasteiger partial charge on any atom is -0.451 e. The van der Waals surface area contributed by atoms with E-state index in [1.165, 1.54) is 34.8 Å². The van der Waals surface area contributed by atoms with Gasteiger partial charge in [-0.25, -0.2) is 50.6 Å². The Morgan fingerprint density at radius 1 is 0.686 bits per heavy atom. The maximum absolute atomic E-state index is 13.4. The van der Waals surface area contributed by atoms with Crippen molar-refractivity contribution in [2.24, 2.45) is 5.73 Å². The van der Waals surface area contributed by atoms with E-state index in [4.69, 9.17) is 32.5 Å². The number of thiazole rings is 2. The number of alkyl carbamates (subject to hydrolysis) is 1. The number of halogens is 1. The fourth-order valence-corrected chi connectivity index (χ4v) is 12.7. The van der Waals surface area contributed by atoms with E-state index in [1.807, 2.05) is 0 Å². The van der Waals surface area contributed by atoms with E-state index in [0.29, 0.717) is 33.3 Å². The van der Waals surface area contributed by atoms with Crippen LogP contribution in [0.5, 0.6) is 0 Å². The van der Waals surface area contributed by atoms with E-state index >= 15 is 0 Å². The van der Waals surface area contributed by atoms with Gasteiger partial charge in [0.05, 0.1) is 47.9 Å². The van der Waals surface area contributed by atoms with Crippen molar-refractivity contribution >= 4 is 83.3 Å². The monoisotopic (exact) mass is 1070 g/mol. The minimum atomic E-state index is -3.94. The van der Waals surface area contributed by atoms with Gasteiger partial charge in [-0.1, -0.05) is 19.6 Å². The molecule has 0 unspecified atom stereocenters. The van der Waals surface area contributed by atoms with Crippen molar-refractivity contribution in [3.8, 4) is 20.9 Å². The number of benzene rings is 2. The zero-order valence-corrected chi connectivity index (χ0v) is 45.2. The molecule has 0 bridgehead atoms. The van der Waals surface area contributed by atoms with Crippen molar-refractivity contribution in [1.29, 1.82) is 0 Å². The van der Waals surface area contributed by atoms with Crippen molar-refractivity contribution in [2.45, 2.75) is 179 Å². The third kappa shape index (κ3) is 18.6. The molecular formula is C47H71ClN8O10S4. The number of hydrogen-bond acceptors (Lipinski definition) is 16. The van der Waals surface area contributed by atoms with Crippen LogP contribution >= 0.6 is 34.3 Å². The zero-order valence-electron chi connectivity index (χ0n) is 41.1. The Bertz CT molecular complexity index is 2630. The van der Waals surface area contributed by atoms with Gasteiger partial charge in [-0.3, -0.25) is 5.32 Å². The van der Waals surface area contributed by atoms with Crippen LogP contribution in [0.2, 0.25) is 0 Å². The van der Waals surface area contributed by atoms with Gasteiger partial charge < -0.3 is 31.0 Å². The molecule has 23 heteroatoms. The highest BCUT2D eigenvalue weighted by Crippen LogP contribution is 2.43. The normalized spacial score (nSPS) is 17.9. The highest BCUT2D eigenvalue weighted by atomic mass is 35.5. The average Bonchev–Trinajstić information content (AvgIpc) is 3.83. The number of aromatic nitrogens is 2. The topological polar surface area (TPSA) is 273 Å². The summed E-state index contributed by atoms with van der Waals surface area (Å²) in [5.74, 6) is 0.554. The molecule has 2 aliphatic carbocycles. The molecule has 2 aromatic carbocycles. The van der Waals surface area contributed by atoms with Crippen LogP contribution in [0.3, 0.4) is 0 Å². The standard InChI is InChI=1S/C25H36N4O6S2.C17H24N4O2S2.C4H7ClO2.CH4/c1-14(2)34-23(30)27-17-8-9-19(21(12-17)37(32,33)29-25(5,6)7)20-13-26-22(36-20)16-10-18(11-16)28-24(31)35-15(3)4;1-17(2,3)21-25(22,23)15-8-11(18)4-5-13(15)14-9-20-16(24-14)10-6-12(19)7-10;1-3(2)7-4(5)6;/h8-9,12-16,18,29H,10-11H2,1-7H3,(H,27,30)(H,28,31);4-5,8-10,12,21H,6-7,18-19H2,1-3H3;3H,1-2H3;1H4. The molecule has 18 nitrogen and oxygen atoms in total. The smallest absolute Gasteiger partial charge is 0.411 e. The summed E-state index contributed by atoms with van der Waals surface area (Å²) < 4.78 is 72.4. The Kier molecular flexibility index (Phi) is 21.2. The third-order valence-electron chi connectivity index (χ3n) is 9.62. The van der Waals surface area contributed by atoms with E-state index in [2.05, 4.69) is 34.8 Å². The Morgan fingerprint density at radius 3 is 1.53 bits per heavy atom. The van der Waals surface area contributed by atoms with E-state index in [-0.39, 0.29) is 53.5 Å². The minimum absolute atomic E-state index is 0. The molecule has 2 aromatic heterocycles. The number of hydrogen-bond donors (Lipinski definition) is 6. The predicted octanol–water partition coefficient (Wildman–Crippen LogP) is 10.3. The zero-order chi connectivity index (χ0) is 51.8. The van der Waals surface area contributed by atoms with Gasteiger partial charge in [-0.05, 0) is 133 Å². The number of nitrogens with zero attached hydrogens (tertiary/aromatic N) is 2. The van der Waals surface area contributed by atoms with Gasteiger partial charge in [0.2, 0.25) is 20.0 Å². The molecule has 2 aliphatic rings. The van der Waals surface area contributed by atoms with Crippen LogP contribution in [-0.4, -0.2) is 85.9 Å². The second-order valence-corrected chi connectivity index (χ2v) is 25.4. The van der Waals surface area contributed by atoms with E-state index in [1.54, 1.807) is 120 Å². The molecule has 0 atom stereocenters. The van der Waals surface area contributed by atoms with Crippen LogP contribution in [-0.2, 0) is 34.3 Å². The number of rotatable bonds is 13. The molecule has 2 heterocycles. The molecular weight excluding hydrogens is 1000 g/mol. The molecule has 2 saturated carbocycles. The number of sulfonamides is 2. The van der Waals surface area contributed by atoms with E-state index < -0.39 is 48.7 Å². The Labute approximate surface area is 426 Å². The lowest BCUT2D eigenvalue weighted by Gasteiger charge is -2.34. The largest absolute Gasteiger partial charge is 0.451 e. The van der Waals surface area contributed by atoms with E-state index in [9.17, 15) is 31.2 Å². The molecule has 2 amide bonds. The van der Waals surface area contributed by atoms with Gasteiger partial charge in [0.25, 0.3) is 0 Å². The number of anilines is 2. The van der Waals surface area contributed by atoms with Gasteiger partial charge in [-0.2, -0.15) is 0 Å². The summed E-state index contributed by atoms with van der Waals surface area (Å²) in [6.07, 6.45) is 5.05.